The molecule has 3 rings (SSSR count). The number of halogens is 1. The number of aromatic nitrogens is 5. The van der Waals surface area contributed by atoms with Gasteiger partial charge in [-0.1, -0.05) is 5.21 Å². The van der Waals surface area contributed by atoms with Gasteiger partial charge in [-0.3, -0.25) is 0 Å². The summed E-state index contributed by atoms with van der Waals surface area (Å²) in [6.45, 7) is 2.24. The number of rotatable bonds is 3. The Bertz CT molecular complexity index is 460. The zero-order valence-electron chi connectivity index (χ0n) is 10.0. The Kier molecular flexibility index (Phi) is 4.33. The van der Waals surface area contributed by atoms with Crippen molar-refractivity contribution in [1.82, 2.24) is 30.3 Å². The molecule has 1 aliphatic heterocycles. The molecular weight excluding hydrogens is 252 g/mol. The number of imidazole rings is 1. The molecular formula is C11H17ClN6. The summed E-state index contributed by atoms with van der Waals surface area (Å²) in [5.74, 6) is 1.61. The van der Waals surface area contributed by atoms with E-state index in [1.54, 1.807) is 12.5 Å². The molecule has 0 aliphatic carbocycles. The molecule has 2 aromatic heterocycles. The topological polar surface area (TPSA) is 71.4 Å². The fraction of sp³-hybridized carbons (Fsp3) is 0.545. The van der Waals surface area contributed by atoms with Crippen LogP contribution in [0.3, 0.4) is 0 Å². The number of nitrogens with one attached hydrogen (secondary N) is 2. The standard InChI is InChI=1S/C11H16N6.ClH/c1-3-12-4-2-9(1)5-10-6-15-16-17(10)11-7-13-8-14-11;/h6-9,12H,1-5H2,(H,13,14);1H. The van der Waals surface area contributed by atoms with E-state index < -0.39 is 0 Å². The van der Waals surface area contributed by atoms with Gasteiger partial charge < -0.3 is 10.3 Å². The summed E-state index contributed by atoms with van der Waals surface area (Å²) in [5, 5.41) is 11.5. The van der Waals surface area contributed by atoms with Crippen molar-refractivity contribution in [2.24, 2.45) is 5.92 Å². The van der Waals surface area contributed by atoms with E-state index in [2.05, 4.69) is 25.6 Å². The third-order valence-electron chi connectivity index (χ3n) is 3.29. The molecule has 0 atom stereocenters. The molecule has 1 fully saturated rings. The van der Waals surface area contributed by atoms with Gasteiger partial charge in [0.1, 0.15) is 0 Å². The van der Waals surface area contributed by atoms with Crippen LogP contribution in [0.2, 0.25) is 0 Å². The Labute approximate surface area is 112 Å². The third-order valence-corrected chi connectivity index (χ3v) is 3.29. The summed E-state index contributed by atoms with van der Waals surface area (Å²) in [7, 11) is 0. The molecule has 0 spiro atoms. The highest BCUT2D eigenvalue weighted by atomic mass is 35.5. The Morgan fingerprint density at radius 3 is 2.83 bits per heavy atom. The molecule has 98 valence electrons. The lowest BCUT2D eigenvalue weighted by atomic mass is 9.93. The molecule has 1 aliphatic rings. The fourth-order valence-corrected chi connectivity index (χ4v) is 2.34. The van der Waals surface area contributed by atoms with Crippen LogP contribution in [0.4, 0.5) is 0 Å². The molecule has 0 radical (unpaired) electrons. The van der Waals surface area contributed by atoms with Crippen LogP contribution in [0, 0.1) is 5.92 Å². The first-order valence-electron chi connectivity index (χ1n) is 6.02. The molecule has 0 amide bonds. The first-order chi connectivity index (χ1) is 8.43. The second kappa shape index (κ2) is 5.97. The maximum Gasteiger partial charge on any atom is 0.153 e. The van der Waals surface area contributed by atoms with Crippen molar-refractivity contribution in [3.63, 3.8) is 0 Å². The van der Waals surface area contributed by atoms with Crippen LogP contribution in [-0.4, -0.2) is 38.1 Å². The molecule has 7 heteroatoms. The van der Waals surface area contributed by atoms with Crippen molar-refractivity contribution >= 4 is 12.4 Å². The smallest absolute Gasteiger partial charge is 0.153 e. The van der Waals surface area contributed by atoms with Crippen LogP contribution in [-0.2, 0) is 6.42 Å². The molecule has 0 bridgehead atoms. The van der Waals surface area contributed by atoms with Crippen molar-refractivity contribution in [2.45, 2.75) is 19.3 Å². The summed E-state index contributed by atoms with van der Waals surface area (Å²) in [4.78, 5) is 7.07. The van der Waals surface area contributed by atoms with Gasteiger partial charge in [-0.05, 0) is 38.3 Å². The molecule has 0 aromatic carbocycles. The summed E-state index contributed by atoms with van der Waals surface area (Å²) in [6.07, 6.45) is 8.77. The van der Waals surface area contributed by atoms with E-state index in [-0.39, 0.29) is 12.4 Å². The third kappa shape index (κ3) is 2.70. The van der Waals surface area contributed by atoms with Crippen molar-refractivity contribution in [1.29, 1.82) is 0 Å². The van der Waals surface area contributed by atoms with Crippen molar-refractivity contribution in [3.8, 4) is 5.82 Å². The van der Waals surface area contributed by atoms with Gasteiger partial charge >= 0.3 is 0 Å². The van der Waals surface area contributed by atoms with Gasteiger partial charge in [0.05, 0.1) is 24.4 Å². The number of H-pyrrole nitrogens is 1. The molecule has 3 heterocycles. The van der Waals surface area contributed by atoms with Crippen LogP contribution in [0.15, 0.2) is 18.7 Å². The molecule has 2 aromatic rings. The number of hydrogen-bond acceptors (Lipinski definition) is 4. The number of piperidine rings is 1. The quantitative estimate of drug-likeness (QED) is 0.870. The molecule has 2 N–H and O–H groups in total. The summed E-state index contributed by atoms with van der Waals surface area (Å²) in [6, 6.07) is 0. The largest absolute Gasteiger partial charge is 0.330 e. The van der Waals surface area contributed by atoms with Crippen LogP contribution in [0.1, 0.15) is 18.5 Å². The lowest BCUT2D eigenvalue weighted by Crippen LogP contribution is -2.29. The monoisotopic (exact) mass is 268 g/mol. The van der Waals surface area contributed by atoms with Crippen LogP contribution < -0.4 is 5.32 Å². The van der Waals surface area contributed by atoms with E-state index in [4.69, 9.17) is 0 Å². The second-order valence-corrected chi connectivity index (χ2v) is 4.47. The SMILES string of the molecule is Cl.c1ncc(-n2nncc2CC2CCNCC2)[nH]1. The predicted molar refractivity (Wildman–Crippen MR) is 70.1 cm³/mol. The van der Waals surface area contributed by atoms with Crippen molar-refractivity contribution in [2.75, 3.05) is 13.1 Å². The van der Waals surface area contributed by atoms with Gasteiger partial charge in [0.25, 0.3) is 0 Å². The average molecular weight is 269 g/mol. The minimum Gasteiger partial charge on any atom is -0.330 e. The summed E-state index contributed by atoms with van der Waals surface area (Å²) < 4.78 is 1.84. The number of hydrogen-bond donors (Lipinski definition) is 2. The first kappa shape index (κ1) is 13.0. The van der Waals surface area contributed by atoms with Crippen LogP contribution in [0.25, 0.3) is 5.82 Å². The molecule has 6 nitrogen and oxygen atoms in total. The highest BCUT2D eigenvalue weighted by molar-refractivity contribution is 5.85. The maximum atomic E-state index is 4.10. The Morgan fingerprint density at radius 1 is 1.28 bits per heavy atom. The zero-order chi connectivity index (χ0) is 11.5. The second-order valence-electron chi connectivity index (χ2n) is 4.47. The Balaban J connectivity index is 0.00000120. The highest BCUT2D eigenvalue weighted by Gasteiger charge is 2.17. The first-order valence-corrected chi connectivity index (χ1v) is 6.02. The van der Waals surface area contributed by atoms with Crippen LogP contribution in [0.5, 0.6) is 0 Å². The lowest BCUT2D eigenvalue weighted by molar-refractivity contribution is 0.367. The van der Waals surface area contributed by atoms with E-state index >= 15 is 0 Å². The normalized spacial score (nSPS) is 16.4. The maximum absolute atomic E-state index is 4.10. The summed E-state index contributed by atoms with van der Waals surface area (Å²) in [5.41, 5.74) is 1.15. The van der Waals surface area contributed by atoms with Gasteiger partial charge in [-0.15, -0.1) is 17.5 Å². The van der Waals surface area contributed by atoms with Gasteiger partial charge in [-0.25, -0.2) is 4.98 Å². The molecule has 0 unspecified atom stereocenters. The minimum absolute atomic E-state index is 0. The Morgan fingerprint density at radius 2 is 2.11 bits per heavy atom. The zero-order valence-corrected chi connectivity index (χ0v) is 10.9. The summed E-state index contributed by atoms with van der Waals surface area (Å²) >= 11 is 0. The van der Waals surface area contributed by atoms with Crippen LogP contribution >= 0.6 is 12.4 Å². The van der Waals surface area contributed by atoms with Gasteiger partial charge in [-0.2, -0.15) is 4.68 Å². The minimum atomic E-state index is 0. The van der Waals surface area contributed by atoms with Gasteiger partial charge in [0, 0.05) is 0 Å². The van der Waals surface area contributed by atoms with E-state index in [9.17, 15) is 0 Å². The lowest BCUT2D eigenvalue weighted by Gasteiger charge is -2.22. The fourth-order valence-electron chi connectivity index (χ4n) is 2.34. The molecule has 0 saturated carbocycles. The van der Waals surface area contributed by atoms with Gasteiger partial charge in [0.15, 0.2) is 5.82 Å². The Hall–Kier alpha value is -1.40. The molecule has 1 saturated heterocycles. The van der Waals surface area contributed by atoms with E-state index in [1.165, 1.54) is 12.8 Å². The van der Waals surface area contributed by atoms with Crippen molar-refractivity contribution < 1.29 is 0 Å². The highest BCUT2D eigenvalue weighted by Crippen LogP contribution is 2.18. The van der Waals surface area contributed by atoms with E-state index in [0.29, 0.717) is 0 Å². The van der Waals surface area contributed by atoms with Gasteiger partial charge in [0.2, 0.25) is 0 Å². The number of nitrogens with zero attached hydrogens (tertiary/aromatic N) is 4. The van der Waals surface area contributed by atoms with Crippen molar-refractivity contribution in [3.05, 3.63) is 24.4 Å². The average Bonchev–Trinajstić information content (AvgIpc) is 3.00. The van der Waals surface area contributed by atoms with E-state index in [1.807, 2.05) is 10.9 Å². The number of aromatic amines is 1. The van der Waals surface area contributed by atoms with E-state index in [0.717, 1.165) is 36.9 Å². The predicted octanol–water partition coefficient (Wildman–Crippen LogP) is 0.954. The molecule has 18 heavy (non-hydrogen) atoms.